The van der Waals surface area contributed by atoms with Crippen molar-refractivity contribution in [2.45, 2.75) is 56.6 Å². The predicted molar refractivity (Wildman–Crippen MR) is 91.4 cm³/mol. The maximum Gasteiger partial charge on any atom is 0.0941 e. The highest BCUT2D eigenvalue weighted by Crippen LogP contribution is 2.45. The number of hydrogen-bond donors (Lipinski definition) is 0. The molecule has 0 aliphatic carbocycles. The van der Waals surface area contributed by atoms with Crippen LogP contribution in [0.2, 0.25) is 0 Å². The molecule has 108 valence electrons. The van der Waals surface area contributed by atoms with Gasteiger partial charge >= 0.3 is 0 Å². The highest BCUT2D eigenvalue weighted by molar-refractivity contribution is 8.77. The Morgan fingerprint density at radius 2 is 1.55 bits per heavy atom. The zero-order valence-corrected chi connectivity index (χ0v) is 14.7. The second-order valence-electron chi connectivity index (χ2n) is 6.92. The van der Waals surface area contributed by atoms with Gasteiger partial charge in [-0.3, -0.25) is 0 Å². The van der Waals surface area contributed by atoms with E-state index in [1.807, 2.05) is 33.7 Å². The maximum atomic E-state index is 4.49. The largest absolute Gasteiger partial charge is 0.153 e. The Morgan fingerprint density at radius 1 is 0.900 bits per heavy atom. The number of fused-ring (bicyclic) bond motifs is 1. The van der Waals surface area contributed by atoms with Crippen molar-refractivity contribution >= 4 is 32.5 Å². The van der Waals surface area contributed by atoms with E-state index in [-0.39, 0.29) is 10.2 Å². The van der Waals surface area contributed by atoms with Crippen LogP contribution in [0.3, 0.4) is 0 Å². The Bertz CT molecular complexity index is 610. The van der Waals surface area contributed by atoms with Crippen molar-refractivity contribution in [3.8, 4) is 0 Å². The average Bonchev–Trinajstić information content (AvgIpc) is 2.33. The first kappa shape index (κ1) is 15.6. The van der Waals surface area contributed by atoms with E-state index in [2.05, 4.69) is 63.9 Å². The molecule has 0 aliphatic rings. The maximum absolute atomic E-state index is 4.49. The summed E-state index contributed by atoms with van der Waals surface area (Å²) in [6.45, 7) is 13.3. The Hall–Kier alpha value is -0.740. The average molecular weight is 306 g/mol. The topological polar surface area (TPSA) is 25.8 Å². The van der Waals surface area contributed by atoms with Gasteiger partial charge in [0.2, 0.25) is 0 Å². The molecule has 0 spiro atoms. The normalized spacial score (nSPS) is 12.9. The minimum atomic E-state index is -0.00217. The molecule has 1 heterocycles. The Kier molecular flexibility index (Phi) is 4.35. The van der Waals surface area contributed by atoms with E-state index in [1.165, 1.54) is 10.3 Å². The van der Waals surface area contributed by atoms with Crippen LogP contribution < -0.4 is 0 Å². The summed E-state index contributed by atoms with van der Waals surface area (Å²) < 4.78 is 0.212. The van der Waals surface area contributed by atoms with Gasteiger partial charge in [0.1, 0.15) is 0 Å². The molecule has 4 heteroatoms. The van der Waals surface area contributed by atoms with Crippen LogP contribution in [0, 0.1) is 0 Å². The van der Waals surface area contributed by atoms with E-state index in [9.17, 15) is 0 Å². The third kappa shape index (κ3) is 3.67. The molecule has 1 aromatic carbocycles. The number of benzene rings is 1. The molecule has 0 fully saturated rings. The van der Waals surface area contributed by atoms with Crippen LogP contribution in [0.5, 0.6) is 0 Å². The molecule has 2 aromatic rings. The van der Waals surface area contributed by atoms with Gasteiger partial charge in [-0.2, -0.15) is 10.2 Å². The first-order valence-corrected chi connectivity index (χ1v) is 8.95. The van der Waals surface area contributed by atoms with Gasteiger partial charge in [0, 0.05) is 15.5 Å². The fourth-order valence-corrected chi connectivity index (χ4v) is 4.30. The van der Waals surface area contributed by atoms with Gasteiger partial charge in [-0.05, 0) is 6.07 Å². The molecule has 0 aliphatic heterocycles. The highest BCUT2D eigenvalue weighted by Gasteiger charge is 2.24. The molecule has 0 atom stereocenters. The second-order valence-corrected chi connectivity index (χ2v) is 9.89. The Labute approximate surface area is 129 Å². The van der Waals surface area contributed by atoms with Gasteiger partial charge in [0.05, 0.1) is 16.1 Å². The lowest BCUT2D eigenvalue weighted by Crippen LogP contribution is -2.16. The van der Waals surface area contributed by atoms with E-state index in [4.69, 9.17) is 0 Å². The summed E-state index contributed by atoms with van der Waals surface area (Å²) in [6.07, 6.45) is 0. The summed E-state index contributed by atoms with van der Waals surface area (Å²) >= 11 is 0. The number of aromatic nitrogens is 2. The van der Waals surface area contributed by atoms with E-state index < -0.39 is 0 Å². The van der Waals surface area contributed by atoms with Gasteiger partial charge in [0.25, 0.3) is 0 Å². The highest BCUT2D eigenvalue weighted by atomic mass is 33.1. The fraction of sp³-hybridized carbons (Fsp3) is 0.500. The van der Waals surface area contributed by atoms with Gasteiger partial charge < -0.3 is 0 Å². The molecule has 0 amide bonds. The van der Waals surface area contributed by atoms with Crippen LogP contribution in [0.1, 0.15) is 47.2 Å². The van der Waals surface area contributed by atoms with Crippen LogP contribution >= 0.6 is 21.6 Å². The summed E-state index contributed by atoms with van der Waals surface area (Å²) in [6, 6.07) is 8.26. The zero-order chi connectivity index (χ0) is 15.0. The molecule has 0 saturated carbocycles. The molecule has 0 radical (unpaired) electrons. The molecule has 0 unspecified atom stereocenters. The number of nitrogens with zero attached hydrogens (tertiary/aromatic N) is 2. The van der Waals surface area contributed by atoms with Crippen molar-refractivity contribution in [2.75, 3.05) is 0 Å². The van der Waals surface area contributed by atoms with Crippen LogP contribution in [0.15, 0.2) is 29.2 Å². The molecule has 0 bridgehead atoms. The number of rotatable bonds is 2. The fourth-order valence-electron chi connectivity index (χ4n) is 1.77. The van der Waals surface area contributed by atoms with E-state index in [0.29, 0.717) is 0 Å². The molecular formula is C16H22N2S2. The standard InChI is InChI=1S/C16H22N2S2/c1-15(2,3)14-13(19-20-16(4,5)6)11-9-7-8-10-12(11)17-18-14/h7-10H,1-6H3. The molecular weight excluding hydrogens is 284 g/mol. The third-order valence-corrected chi connectivity index (χ3v) is 6.12. The summed E-state index contributed by atoms with van der Waals surface area (Å²) in [5, 5.41) is 10.1. The molecule has 0 N–H and O–H groups in total. The van der Waals surface area contributed by atoms with Crippen molar-refractivity contribution in [2.24, 2.45) is 0 Å². The first-order chi connectivity index (χ1) is 9.18. The van der Waals surface area contributed by atoms with Crippen molar-refractivity contribution in [3.05, 3.63) is 30.0 Å². The van der Waals surface area contributed by atoms with E-state index in [1.54, 1.807) is 0 Å². The SMILES string of the molecule is CC(C)(C)SSc1c(C(C)(C)C)nnc2ccccc12. The van der Waals surface area contributed by atoms with Crippen molar-refractivity contribution in [3.63, 3.8) is 0 Å². The minimum Gasteiger partial charge on any atom is -0.153 e. The summed E-state index contributed by atoms with van der Waals surface area (Å²) in [5.74, 6) is 0. The van der Waals surface area contributed by atoms with Crippen LogP contribution in [-0.4, -0.2) is 14.9 Å². The molecule has 2 nitrogen and oxygen atoms in total. The lowest BCUT2D eigenvalue weighted by atomic mass is 9.91. The molecule has 20 heavy (non-hydrogen) atoms. The van der Waals surface area contributed by atoms with Crippen LogP contribution in [-0.2, 0) is 5.41 Å². The predicted octanol–water partition coefficient (Wildman–Crippen LogP) is 5.47. The quantitative estimate of drug-likeness (QED) is 0.687. The zero-order valence-electron chi connectivity index (χ0n) is 13.0. The summed E-state index contributed by atoms with van der Waals surface area (Å²) in [4.78, 5) is 1.25. The van der Waals surface area contributed by atoms with Crippen LogP contribution in [0.4, 0.5) is 0 Å². The van der Waals surface area contributed by atoms with Gasteiger partial charge in [0.15, 0.2) is 0 Å². The molecule has 1 aromatic heterocycles. The van der Waals surface area contributed by atoms with E-state index >= 15 is 0 Å². The van der Waals surface area contributed by atoms with Crippen LogP contribution in [0.25, 0.3) is 10.9 Å². The monoisotopic (exact) mass is 306 g/mol. The smallest absolute Gasteiger partial charge is 0.0941 e. The van der Waals surface area contributed by atoms with Gasteiger partial charge in [-0.15, -0.1) is 0 Å². The van der Waals surface area contributed by atoms with Crippen molar-refractivity contribution < 1.29 is 0 Å². The minimum absolute atomic E-state index is 0.00217. The summed E-state index contributed by atoms with van der Waals surface area (Å²) in [5.41, 5.74) is 2.05. The number of hydrogen-bond acceptors (Lipinski definition) is 4. The first-order valence-electron chi connectivity index (χ1n) is 6.80. The lowest BCUT2D eigenvalue weighted by molar-refractivity contribution is 0.548. The third-order valence-electron chi connectivity index (χ3n) is 2.71. The Balaban J connectivity index is 2.56. The van der Waals surface area contributed by atoms with Gasteiger partial charge in [-0.1, -0.05) is 81.3 Å². The lowest BCUT2D eigenvalue weighted by Gasteiger charge is -2.23. The van der Waals surface area contributed by atoms with Crippen molar-refractivity contribution in [1.29, 1.82) is 0 Å². The summed E-state index contributed by atoms with van der Waals surface area (Å²) in [7, 11) is 3.71. The molecule has 0 saturated heterocycles. The molecule has 2 rings (SSSR count). The van der Waals surface area contributed by atoms with E-state index in [0.717, 1.165) is 11.2 Å². The van der Waals surface area contributed by atoms with Crippen molar-refractivity contribution in [1.82, 2.24) is 10.2 Å². The van der Waals surface area contributed by atoms with Gasteiger partial charge in [-0.25, -0.2) is 0 Å². The second kappa shape index (κ2) is 5.57. The Morgan fingerprint density at radius 3 is 2.15 bits per heavy atom.